The fourth-order valence-electron chi connectivity index (χ4n) is 1.82. The van der Waals surface area contributed by atoms with Crippen molar-refractivity contribution in [1.82, 2.24) is 10.2 Å². The summed E-state index contributed by atoms with van der Waals surface area (Å²) in [5.41, 5.74) is 0.831. The molecule has 0 aliphatic carbocycles. The van der Waals surface area contributed by atoms with Crippen LogP contribution in [0.3, 0.4) is 0 Å². The van der Waals surface area contributed by atoms with Gasteiger partial charge in [-0.2, -0.15) is 5.26 Å². The van der Waals surface area contributed by atoms with Gasteiger partial charge in [0.05, 0.1) is 24.0 Å². The lowest BCUT2D eigenvalue weighted by atomic mass is 10.2. The predicted molar refractivity (Wildman–Crippen MR) is 77.3 cm³/mol. The second-order valence-corrected chi connectivity index (χ2v) is 4.49. The van der Waals surface area contributed by atoms with Crippen LogP contribution in [0.15, 0.2) is 24.3 Å². The van der Waals surface area contributed by atoms with Crippen LogP contribution in [-0.2, 0) is 11.3 Å². The number of rotatable bonds is 8. The van der Waals surface area contributed by atoms with Crippen LogP contribution in [0.2, 0.25) is 0 Å². The smallest absolute Gasteiger partial charge is 0.269 e. The molecular weight excluding hydrogens is 272 g/mol. The fraction of sp³-hybridized carbons (Fsp3) is 0.429. The molecule has 112 valence electrons. The van der Waals surface area contributed by atoms with E-state index < -0.39 is 4.92 Å². The summed E-state index contributed by atoms with van der Waals surface area (Å²) in [6.45, 7) is 3.56. The molecule has 7 heteroatoms. The number of nitrogens with one attached hydrogen (secondary N) is 1. The minimum atomic E-state index is -0.436. The first-order chi connectivity index (χ1) is 10.1. The number of amides is 1. The van der Waals surface area contributed by atoms with E-state index in [0.717, 1.165) is 5.56 Å². The number of nitro benzene ring substituents is 1. The predicted octanol–water partition coefficient (Wildman–Crippen LogP) is 1.45. The second-order valence-electron chi connectivity index (χ2n) is 4.49. The van der Waals surface area contributed by atoms with E-state index in [0.29, 0.717) is 19.6 Å². The van der Waals surface area contributed by atoms with Crippen molar-refractivity contribution in [3.8, 4) is 6.07 Å². The van der Waals surface area contributed by atoms with E-state index in [-0.39, 0.29) is 24.6 Å². The third kappa shape index (κ3) is 6.01. The van der Waals surface area contributed by atoms with Crippen molar-refractivity contribution in [2.75, 3.05) is 19.6 Å². The van der Waals surface area contributed by atoms with E-state index in [9.17, 15) is 14.9 Å². The number of benzene rings is 1. The van der Waals surface area contributed by atoms with Crippen LogP contribution in [0.25, 0.3) is 0 Å². The number of non-ortho nitro benzene ring substituents is 1. The lowest BCUT2D eigenvalue weighted by molar-refractivity contribution is -0.384. The normalized spacial score (nSPS) is 10.1. The largest absolute Gasteiger partial charge is 0.354 e. The van der Waals surface area contributed by atoms with Crippen LogP contribution in [0.4, 0.5) is 5.69 Å². The van der Waals surface area contributed by atoms with Crippen molar-refractivity contribution < 1.29 is 9.72 Å². The molecule has 0 spiro atoms. The average Bonchev–Trinajstić information content (AvgIpc) is 2.47. The van der Waals surface area contributed by atoms with Gasteiger partial charge in [-0.1, -0.05) is 19.1 Å². The summed E-state index contributed by atoms with van der Waals surface area (Å²) < 4.78 is 0. The van der Waals surface area contributed by atoms with Gasteiger partial charge in [0, 0.05) is 25.2 Å². The monoisotopic (exact) mass is 290 g/mol. The van der Waals surface area contributed by atoms with Gasteiger partial charge in [0.1, 0.15) is 0 Å². The molecular formula is C14H18N4O3. The molecule has 0 heterocycles. The van der Waals surface area contributed by atoms with Gasteiger partial charge in [-0.3, -0.25) is 19.8 Å². The summed E-state index contributed by atoms with van der Waals surface area (Å²) in [4.78, 5) is 23.9. The number of hydrogen-bond donors (Lipinski definition) is 1. The van der Waals surface area contributed by atoms with E-state index in [1.165, 1.54) is 12.1 Å². The molecule has 1 aromatic carbocycles. The highest BCUT2D eigenvalue weighted by atomic mass is 16.6. The topological polar surface area (TPSA) is 99.3 Å². The zero-order chi connectivity index (χ0) is 15.7. The van der Waals surface area contributed by atoms with Crippen molar-refractivity contribution in [1.29, 1.82) is 5.26 Å². The molecule has 0 aliphatic heterocycles. The summed E-state index contributed by atoms with van der Waals surface area (Å²) >= 11 is 0. The van der Waals surface area contributed by atoms with Gasteiger partial charge in [0.25, 0.3) is 5.69 Å². The van der Waals surface area contributed by atoms with Crippen molar-refractivity contribution in [3.63, 3.8) is 0 Å². The Labute approximate surface area is 123 Å². The molecule has 0 fully saturated rings. The van der Waals surface area contributed by atoms with Gasteiger partial charge in [-0.15, -0.1) is 0 Å². The van der Waals surface area contributed by atoms with Gasteiger partial charge in [-0.05, 0) is 12.1 Å². The highest BCUT2D eigenvalue weighted by Crippen LogP contribution is 2.14. The molecule has 0 atom stereocenters. The van der Waals surface area contributed by atoms with Crippen molar-refractivity contribution in [2.24, 2.45) is 0 Å². The molecule has 0 radical (unpaired) electrons. The number of nitro groups is 1. The van der Waals surface area contributed by atoms with Crippen LogP contribution >= 0.6 is 0 Å². The average molecular weight is 290 g/mol. The lowest BCUT2D eigenvalue weighted by Gasteiger charge is -2.19. The summed E-state index contributed by atoms with van der Waals surface area (Å²) in [7, 11) is 0. The first-order valence-electron chi connectivity index (χ1n) is 6.66. The minimum Gasteiger partial charge on any atom is -0.354 e. The van der Waals surface area contributed by atoms with Gasteiger partial charge in [0.15, 0.2) is 0 Å². The van der Waals surface area contributed by atoms with Gasteiger partial charge < -0.3 is 5.32 Å². The zero-order valence-corrected chi connectivity index (χ0v) is 11.9. The molecule has 1 amide bonds. The molecule has 0 saturated carbocycles. The number of carbonyl (C=O) groups is 1. The Bertz CT molecular complexity index is 539. The lowest BCUT2D eigenvalue weighted by Crippen LogP contribution is -2.37. The van der Waals surface area contributed by atoms with Crippen molar-refractivity contribution in [2.45, 2.75) is 19.9 Å². The summed E-state index contributed by atoms with van der Waals surface area (Å²) in [5.74, 6) is -0.155. The number of likely N-dealkylation sites (N-methyl/N-ethyl adjacent to an activating group) is 1. The molecule has 0 unspecified atom stereocenters. The first kappa shape index (κ1) is 16.6. The quantitative estimate of drug-likeness (QED) is 0.444. The van der Waals surface area contributed by atoms with Crippen molar-refractivity contribution >= 4 is 11.6 Å². The Hall–Kier alpha value is -2.46. The second kappa shape index (κ2) is 8.66. The van der Waals surface area contributed by atoms with E-state index in [1.807, 2.05) is 17.9 Å². The van der Waals surface area contributed by atoms with Crippen LogP contribution < -0.4 is 5.32 Å². The maximum atomic E-state index is 11.7. The third-order valence-electron chi connectivity index (χ3n) is 2.90. The highest BCUT2D eigenvalue weighted by Gasteiger charge is 2.11. The summed E-state index contributed by atoms with van der Waals surface area (Å²) in [6, 6.07) is 8.33. The zero-order valence-electron chi connectivity index (χ0n) is 11.9. The minimum absolute atomic E-state index is 0.0435. The number of carbonyl (C=O) groups excluding carboxylic acids is 1. The molecule has 1 rings (SSSR count). The van der Waals surface area contributed by atoms with Crippen molar-refractivity contribution in [3.05, 3.63) is 39.9 Å². The Balaban J connectivity index is 2.57. The van der Waals surface area contributed by atoms with E-state index >= 15 is 0 Å². The first-order valence-corrected chi connectivity index (χ1v) is 6.66. The van der Waals surface area contributed by atoms with Crippen LogP contribution in [0.5, 0.6) is 0 Å². The van der Waals surface area contributed by atoms with E-state index in [1.54, 1.807) is 12.1 Å². The summed E-state index contributed by atoms with van der Waals surface area (Å²) in [6.07, 6.45) is 0.281. The van der Waals surface area contributed by atoms with Crippen LogP contribution in [0, 0.1) is 21.4 Å². The Morgan fingerprint density at radius 2 is 2.29 bits per heavy atom. The molecule has 1 N–H and O–H groups in total. The molecule has 0 saturated heterocycles. The standard InChI is InChI=1S/C14H18N4O3/c1-2-17(11-14(19)16-8-4-7-15)10-12-5-3-6-13(9-12)18(20)21/h3,5-6,9H,2,4,8,10-11H2,1H3,(H,16,19). The molecule has 7 nitrogen and oxygen atoms in total. The molecule has 0 aromatic heterocycles. The summed E-state index contributed by atoms with van der Waals surface area (Å²) in [5, 5.41) is 21.8. The maximum Gasteiger partial charge on any atom is 0.269 e. The molecule has 1 aromatic rings. The SMILES string of the molecule is CCN(CC(=O)NCCC#N)Cc1cccc([N+](=O)[O-])c1. The number of nitriles is 1. The Morgan fingerprint density at radius 1 is 1.52 bits per heavy atom. The fourth-order valence-corrected chi connectivity index (χ4v) is 1.82. The highest BCUT2D eigenvalue weighted by molar-refractivity contribution is 5.78. The van der Waals surface area contributed by atoms with Crippen LogP contribution in [0.1, 0.15) is 18.9 Å². The molecule has 0 aliphatic rings. The molecule has 0 bridgehead atoms. The Kier molecular flexibility index (Phi) is 6.84. The van der Waals surface area contributed by atoms with Gasteiger partial charge >= 0.3 is 0 Å². The van der Waals surface area contributed by atoms with E-state index in [4.69, 9.17) is 5.26 Å². The maximum absolute atomic E-state index is 11.7. The van der Waals surface area contributed by atoms with Crippen LogP contribution in [-0.4, -0.2) is 35.4 Å². The number of hydrogen-bond acceptors (Lipinski definition) is 5. The third-order valence-corrected chi connectivity index (χ3v) is 2.90. The number of nitrogens with zero attached hydrogens (tertiary/aromatic N) is 3. The van der Waals surface area contributed by atoms with Gasteiger partial charge in [-0.25, -0.2) is 0 Å². The Morgan fingerprint density at radius 3 is 2.90 bits per heavy atom. The van der Waals surface area contributed by atoms with E-state index in [2.05, 4.69) is 5.32 Å². The molecule has 21 heavy (non-hydrogen) atoms. The van der Waals surface area contributed by atoms with Gasteiger partial charge in [0.2, 0.25) is 5.91 Å².